The molecule has 0 unspecified atom stereocenters. The highest BCUT2D eigenvalue weighted by molar-refractivity contribution is 7.40. The number of carboxylic acids is 2. The fourth-order valence-electron chi connectivity index (χ4n) is 3.08. The monoisotopic (exact) mass is 368 g/mol. The average Bonchev–Trinajstić information content (AvgIpc) is 3.12. The molecule has 0 saturated carbocycles. The van der Waals surface area contributed by atoms with Crippen LogP contribution in [-0.2, 0) is 0 Å². The molecule has 0 radical (unpaired) electrons. The van der Waals surface area contributed by atoms with Gasteiger partial charge in [0.25, 0.3) is 0 Å². The average molecular weight is 368 g/mol. The van der Waals surface area contributed by atoms with Crippen molar-refractivity contribution in [2.75, 3.05) is 0 Å². The van der Waals surface area contributed by atoms with E-state index < -0.39 is 11.9 Å². The molecular formula is C19H12O4S2. The molecule has 0 atom stereocenters. The van der Waals surface area contributed by atoms with Crippen molar-refractivity contribution in [3.63, 3.8) is 0 Å². The third-order valence-electron chi connectivity index (χ3n) is 4.21. The van der Waals surface area contributed by atoms with Gasteiger partial charge in [-0.3, -0.25) is 0 Å². The second-order valence-corrected chi connectivity index (χ2v) is 8.00. The van der Waals surface area contributed by atoms with Gasteiger partial charge in [-0.05, 0) is 34.9 Å². The number of hydrogen-bond acceptors (Lipinski definition) is 4. The van der Waals surface area contributed by atoms with Crippen molar-refractivity contribution < 1.29 is 19.8 Å². The van der Waals surface area contributed by atoms with Gasteiger partial charge in [0, 0.05) is 10.9 Å². The predicted octanol–water partition coefficient (Wildman–Crippen LogP) is 5.49. The number of aryl methyl sites for hydroxylation is 1. The van der Waals surface area contributed by atoms with Crippen LogP contribution in [0.2, 0.25) is 0 Å². The topological polar surface area (TPSA) is 74.6 Å². The molecule has 4 nitrogen and oxygen atoms in total. The third kappa shape index (κ3) is 2.42. The quantitative estimate of drug-likeness (QED) is 0.501. The molecule has 2 aromatic heterocycles. The molecule has 6 heteroatoms. The number of benzene rings is 2. The Hall–Kier alpha value is -2.70. The fraction of sp³-hybridized carbons (Fsp3) is 0.0526. The summed E-state index contributed by atoms with van der Waals surface area (Å²) in [6.45, 7) is 1.74. The van der Waals surface area contributed by atoms with E-state index in [4.69, 9.17) is 0 Å². The zero-order valence-electron chi connectivity index (χ0n) is 13.1. The summed E-state index contributed by atoms with van der Waals surface area (Å²) in [6.07, 6.45) is 0. The first kappa shape index (κ1) is 15.8. The van der Waals surface area contributed by atoms with Gasteiger partial charge < -0.3 is 10.2 Å². The van der Waals surface area contributed by atoms with Crippen LogP contribution < -0.4 is 0 Å². The number of hydrogen-bond donors (Lipinski definition) is 2. The Kier molecular flexibility index (Phi) is 3.59. The van der Waals surface area contributed by atoms with E-state index in [0.29, 0.717) is 11.1 Å². The van der Waals surface area contributed by atoms with E-state index >= 15 is 0 Å². The molecule has 2 heterocycles. The lowest BCUT2D eigenvalue weighted by molar-refractivity contribution is 0.0691. The van der Waals surface area contributed by atoms with Gasteiger partial charge in [-0.1, -0.05) is 36.4 Å². The van der Waals surface area contributed by atoms with Gasteiger partial charge in [-0.25, -0.2) is 9.59 Å². The molecular weight excluding hydrogens is 356 g/mol. The largest absolute Gasteiger partial charge is 0.477 e. The molecule has 0 saturated heterocycles. The first-order valence-corrected chi connectivity index (χ1v) is 9.12. The number of carboxylic acid groups (broad SMARTS) is 2. The van der Waals surface area contributed by atoms with Crippen LogP contribution in [0.1, 0.15) is 24.9 Å². The second kappa shape index (κ2) is 5.68. The molecule has 2 aromatic carbocycles. The van der Waals surface area contributed by atoms with Crippen LogP contribution in [0.5, 0.6) is 0 Å². The molecule has 25 heavy (non-hydrogen) atoms. The molecule has 0 bridgehead atoms. The summed E-state index contributed by atoms with van der Waals surface area (Å²) in [4.78, 5) is 23.7. The van der Waals surface area contributed by atoms with Crippen LogP contribution in [0.15, 0.2) is 42.5 Å². The number of thiophene rings is 2. The van der Waals surface area contributed by atoms with E-state index in [1.807, 2.05) is 42.5 Å². The van der Waals surface area contributed by atoms with Crippen molar-refractivity contribution in [1.29, 1.82) is 0 Å². The fourth-order valence-corrected chi connectivity index (χ4v) is 5.58. The molecule has 4 rings (SSSR count). The maximum atomic E-state index is 11.8. The van der Waals surface area contributed by atoms with E-state index in [0.717, 1.165) is 48.4 Å². The highest BCUT2D eigenvalue weighted by Gasteiger charge is 2.25. The van der Waals surface area contributed by atoms with E-state index in [1.165, 1.54) is 0 Å². The Balaban J connectivity index is 2.07. The lowest BCUT2D eigenvalue weighted by Gasteiger charge is -2.06. The smallest absolute Gasteiger partial charge is 0.346 e. The minimum atomic E-state index is -0.993. The van der Waals surface area contributed by atoms with Gasteiger partial charge in [0.15, 0.2) is 0 Å². The second-order valence-electron chi connectivity index (χ2n) is 5.70. The number of aromatic carboxylic acids is 2. The van der Waals surface area contributed by atoms with E-state index in [9.17, 15) is 19.8 Å². The Labute approximate surface area is 150 Å². The van der Waals surface area contributed by atoms with Crippen LogP contribution in [-0.4, -0.2) is 22.2 Å². The Morgan fingerprint density at radius 2 is 1.52 bits per heavy atom. The van der Waals surface area contributed by atoms with Gasteiger partial charge in [0.2, 0.25) is 0 Å². The van der Waals surface area contributed by atoms with Crippen LogP contribution in [0.25, 0.3) is 31.3 Å². The Morgan fingerprint density at radius 1 is 0.880 bits per heavy atom. The van der Waals surface area contributed by atoms with E-state index in [-0.39, 0.29) is 9.75 Å². The zero-order chi connectivity index (χ0) is 17.7. The lowest BCUT2D eigenvalue weighted by atomic mass is 9.98. The predicted molar refractivity (Wildman–Crippen MR) is 101 cm³/mol. The summed E-state index contributed by atoms with van der Waals surface area (Å²) in [6, 6.07) is 13.7. The van der Waals surface area contributed by atoms with Crippen molar-refractivity contribution in [3.8, 4) is 11.1 Å². The standard InChI is InChI=1S/C19H12O4S2/c1-9-13-14(12-7-6-10-4-2-3-5-11(10)8-12)16(18(22)23)25-19(13)24-15(9)17(20)21/h2-8H,1H3,(H,20,21)(H,22,23). The third-order valence-corrected chi connectivity index (χ3v) is 6.76. The number of fused-ring (bicyclic) bond motifs is 2. The molecule has 0 amide bonds. The molecule has 4 aromatic rings. The summed E-state index contributed by atoms with van der Waals surface area (Å²) in [5, 5.41) is 21.8. The Morgan fingerprint density at radius 3 is 2.20 bits per heavy atom. The van der Waals surface area contributed by atoms with Crippen molar-refractivity contribution in [2.45, 2.75) is 6.92 Å². The summed E-state index contributed by atoms with van der Waals surface area (Å²) < 4.78 is 0.732. The highest BCUT2D eigenvalue weighted by Crippen LogP contribution is 2.46. The first-order chi connectivity index (χ1) is 12.0. The summed E-state index contributed by atoms with van der Waals surface area (Å²) >= 11 is 2.28. The summed E-state index contributed by atoms with van der Waals surface area (Å²) in [7, 11) is 0. The van der Waals surface area contributed by atoms with Crippen LogP contribution in [0.4, 0.5) is 0 Å². The normalized spacial score (nSPS) is 11.2. The van der Waals surface area contributed by atoms with Gasteiger partial charge in [-0.15, -0.1) is 22.7 Å². The van der Waals surface area contributed by atoms with Gasteiger partial charge in [-0.2, -0.15) is 0 Å². The van der Waals surface area contributed by atoms with Crippen molar-refractivity contribution in [3.05, 3.63) is 57.8 Å². The van der Waals surface area contributed by atoms with Gasteiger partial charge >= 0.3 is 11.9 Å². The summed E-state index contributed by atoms with van der Waals surface area (Å²) in [5.41, 5.74) is 2.03. The van der Waals surface area contributed by atoms with Crippen molar-refractivity contribution in [1.82, 2.24) is 0 Å². The van der Waals surface area contributed by atoms with Crippen molar-refractivity contribution >= 4 is 54.8 Å². The lowest BCUT2D eigenvalue weighted by Crippen LogP contribution is -1.97. The minimum Gasteiger partial charge on any atom is -0.477 e. The van der Waals surface area contributed by atoms with Crippen LogP contribution >= 0.6 is 22.7 Å². The zero-order valence-corrected chi connectivity index (χ0v) is 14.7. The van der Waals surface area contributed by atoms with Crippen LogP contribution in [0.3, 0.4) is 0 Å². The molecule has 0 spiro atoms. The van der Waals surface area contributed by atoms with Gasteiger partial charge in [0.05, 0.1) is 4.01 Å². The molecule has 124 valence electrons. The maximum Gasteiger partial charge on any atom is 0.346 e. The Bertz CT molecular complexity index is 1170. The van der Waals surface area contributed by atoms with Crippen LogP contribution in [0, 0.1) is 6.92 Å². The molecule has 0 aliphatic carbocycles. The molecule has 0 aliphatic rings. The molecule has 0 fully saturated rings. The van der Waals surface area contributed by atoms with Gasteiger partial charge in [0.1, 0.15) is 9.75 Å². The highest BCUT2D eigenvalue weighted by atomic mass is 32.2. The van der Waals surface area contributed by atoms with Crippen molar-refractivity contribution in [2.24, 2.45) is 0 Å². The van der Waals surface area contributed by atoms with E-state index in [1.54, 1.807) is 6.92 Å². The number of rotatable bonds is 3. The minimum absolute atomic E-state index is 0.247. The maximum absolute atomic E-state index is 11.8. The summed E-state index contributed by atoms with van der Waals surface area (Å²) in [5.74, 6) is -1.97. The SMILES string of the molecule is Cc1c(C(=O)O)sc2sc(C(=O)O)c(-c3ccc4ccccc4c3)c12. The molecule has 2 N–H and O–H groups in total. The number of carbonyl (C=O) groups is 2. The van der Waals surface area contributed by atoms with E-state index in [2.05, 4.69) is 0 Å². The molecule has 0 aliphatic heterocycles. The first-order valence-electron chi connectivity index (χ1n) is 7.49.